The Labute approximate surface area is 133 Å². The number of carbonyl (C=O) groups excluding carboxylic acids is 1. The van der Waals surface area contributed by atoms with Crippen LogP contribution in [0.25, 0.3) is 0 Å². The molecule has 0 aromatic carbocycles. The van der Waals surface area contributed by atoms with Crippen LogP contribution >= 0.6 is 0 Å². The van der Waals surface area contributed by atoms with Crippen molar-refractivity contribution in [2.45, 2.75) is 46.1 Å². The van der Waals surface area contributed by atoms with Gasteiger partial charge in [-0.1, -0.05) is 6.07 Å². The lowest BCUT2D eigenvalue weighted by Crippen LogP contribution is -2.44. The van der Waals surface area contributed by atoms with E-state index in [0.29, 0.717) is 5.92 Å². The minimum atomic E-state index is -0.436. The molecule has 1 saturated heterocycles. The molecule has 2 rings (SSSR count). The van der Waals surface area contributed by atoms with Gasteiger partial charge < -0.3 is 15.0 Å². The first-order chi connectivity index (χ1) is 10.3. The van der Waals surface area contributed by atoms with Crippen molar-refractivity contribution in [2.24, 2.45) is 5.92 Å². The van der Waals surface area contributed by atoms with E-state index in [4.69, 9.17) is 4.74 Å². The Hall–Kier alpha value is -1.78. The summed E-state index contributed by atoms with van der Waals surface area (Å²) in [6.45, 7) is 10.1. The number of piperidine rings is 1. The average Bonchev–Trinajstić information content (AvgIpc) is 2.45. The maximum absolute atomic E-state index is 12.1. The van der Waals surface area contributed by atoms with Crippen LogP contribution in [-0.2, 0) is 4.74 Å². The Bertz CT molecular complexity index is 494. The number of anilines is 1. The predicted octanol–water partition coefficient (Wildman–Crippen LogP) is 3.45. The van der Waals surface area contributed by atoms with Crippen molar-refractivity contribution in [3.05, 3.63) is 23.9 Å². The second-order valence-electron chi connectivity index (χ2n) is 7.04. The van der Waals surface area contributed by atoms with E-state index < -0.39 is 5.60 Å². The second-order valence-corrected chi connectivity index (χ2v) is 7.04. The van der Waals surface area contributed by atoms with Crippen molar-refractivity contribution in [3.63, 3.8) is 0 Å². The fraction of sp³-hybridized carbons (Fsp3) is 0.647. The van der Waals surface area contributed by atoms with Crippen LogP contribution in [0.15, 0.2) is 18.3 Å². The number of aryl methyl sites for hydroxylation is 1. The van der Waals surface area contributed by atoms with E-state index in [1.165, 1.54) is 0 Å². The number of hydrogen-bond acceptors (Lipinski definition) is 4. The van der Waals surface area contributed by atoms with E-state index in [2.05, 4.69) is 10.3 Å². The molecule has 5 heteroatoms. The highest BCUT2D eigenvalue weighted by atomic mass is 16.6. The quantitative estimate of drug-likeness (QED) is 0.929. The summed E-state index contributed by atoms with van der Waals surface area (Å²) >= 11 is 0. The van der Waals surface area contributed by atoms with Crippen molar-refractivity contribution < 1.29 is 9.53 Å². The molecule has 0 saturated carbocycles. The zero-order valence-corrected chi connectivity index (χ0v) is 14.1. The van der Waals surface area contributed by atoms with Crippen LogP contribution in [0.3, 0.4) is 0 Å². The van der Waals surface area contributed by atoms with E-state index in [9.17, 15) is 4.79 Å². The lowest BCUT2D eigenvalue weighted by atomic mass is 9.98. The van der Waals surface area contributed by atoms with E-state index in [1.54, 1.807) is 0 Å². The van der Waals surface area contributed by atoms with Gasteiger partial charge in [-0.15, -0.1) is 0 Å². The fourth-order valence-corrected chi connectivity index (χ4v) is 2.55. The number of hydrogen-bond donors (Lipinski definition) is 1. The van der Waals surface area contributed by atoms with Gasteiger partial charge in [-0.05, 0) is 58.1 Å². The number of ether oxygens (including phenoxy) is 1. The molecule has 1 amide bonds. The standard InChI is InChI=1S/C17H27N3O2/c1-13-7-8-15(18-10-13)19-11-14-6-5-9-20(12-14)16(21)22-17(2,3)4/h7-8,10,14H,5-6,9,11-12H2,1-4H3,(H,18,19). The van der Waals surface area contributed by atoms with E-state index in [1.807, 2.05) is 50.9 Å². The third kappa shape index (κ3) is 5.20. The van der Waals surface area contributed by atoms with Crippen molar-refractivity contribution in [3.8, 4) is 0 Å². The van der Waals surface area contributed by atoms with Crippen LogP contribution in [-0.4, -0.2) is 41.2 Å². The molecule has 1 aliphatic rings. The Kier molecular flexibility index (Phi) is 5.27. The maximum Gasteiger partial charge on any atom is 0.410 e. The smallest absolute Gasteiger partial charge is 0.410 e. The summed E-state index contributed by atoms with van der Waals surface area (Å²) in [5, 5.41) is 3.36. The Morgan fingerprint density at radius 1 is 1.45 bits per heavy atom. The number of pyridine rings is 1. The first-order valence-electron chi connectivity index (χ1n) is 7.98. The summed E-state index contributed by atoms with van der Waals surface area (Å²) in [6, 6.07) is 4.03. The zero-order chi connectivity index (χ0) is 16.2. The van der Waals surface area contributed by atoms with Gasteiger partial charge in [0.15, 0.2) is 0 Å². The number of rotatable bonds is 3. The lowest BCUT2D eigenvalue weighted by Gasteiger charge is -2.34. The molecule has 2 heterocycles. The van der Waals surface area contributed by atoms with E-state index in [0.717, 1.165) is 43.9 Å². The van der Waals surface area contributed by atoms with Gasteiger partial charge in [0, 0.05) is 25.8 Å². The van der Waals surface area contributed by atoms with Gasteiger partial charge in [0.25, 0.3) is 0 Å². The van der Waals surface area contributed by atoms with Gasteiger partial charge in [-0.2, -0.15) is 0 Å². The summed E-state index contributed by atoms with van der Waals surface area (Å²) in [6.07, 6.45) is 3.80. The third-order valence-corrected chi connectivity index (χ3v) is 3.65. The molecule has 1 atom stereocenters. The van der Waals surface area contributed by atoms with Gasteiger partial charge in [0.1, 0.15) is 11.4 Å². The molecule has 1 aliphatic heterocycles. The molecule has 22 heavy (non-hydrogen) atoms. The van der Waals surface area contributed by atoms with Gasteiger partial charge >= 0.3 is 6.09 Å². The maximum atomic E-state index is 12.1. The number of nitrogens with zero attached hydrogens (tertiary/aromatic N) is 2. The number of nitrogens with one attached hydrogen (secondary N) is 1. The average molecular weight is 305 g/mol. The first-order valence-corrected chi connectivity index (χ1v) is 7.98. The molecule has 1 unspecified atom stereocenters. The second kappa shape index (κ2) is 6.99. The molecule has 0 bridgehead atoms. The fourth-order valence-electron chi connectivity index (χ4n) is 2.55. The highest BCUT2D eigenvalue weighted by molar-refractivity contribution is 5.68. The number of carbonyl (C=O) groups is 1. The molecular formula is C17H27N3O2. The topological polar surface area (TPSA) is 54.5 Å². The molecule has 0 aliphatic carbocycles. The minimum absolute atomic E-state index is 0.203. The number of likely N-dealkylation sites (tertiary alicyclic amines) is 1. The minimum Gasteiger partial charge on any atom is -0.444 e. The molecule has 5 nitrogen and oxygen atoms in total. The van der Waals surface area contributed by atoms with Gasteiger partial charge in [0.05, 0.1) is 0 Å². The van der Waals surface area contributed by atoms with Gasteiger partial charge in [-0.25, -0.2) is 9.78 Å². The first kappa shape index (κ1) is 16.6. The third-order valence-electron chi connectivity index (χ3n) is 3.65. The summed E-state index contributed by atoms with van der Waals surface area (Å²) in [5.74, 6) is 1.32. The van der Waals surface area contributed by atoms with Crippen LogP contribution in [0.2, 0.25) is 0 Å². The molecule has 0 spiro atoms. The van der Waals surface area contributed by atoms with Crippen molar-refractivity contribution in [1.29, 1.82) is 0 Å². The summed E-state index contributed by atoms with van der Waals surface area (Å²) in [4.78, 5) is 18.3. The largest absolute Gasteiger partial charge is 0.444 e. The van der Waals surface area contributed by atoms with Gasteiger partial charge in [-0.3, -0.25) is 0 Å². The highest BCUT2D eigenvalue weighted by Crippen LogP contribution is 2.19. The van der Waals surface area contributed by atoms with Gasteiger partial charge in [0.2, 0.25) is 0 Å². The van der Waals surface area contributed by atoms with Crippen LogP contribution in [0, 0.1) is 12.8 Å². The highest BCUT2D eigenvalue weighted by Gasteiger charge is 2.27. The monoisotopic (exact) mass is 305 g/mol. The number of amides is 1. The molecule has 1 aromatic rings. The normalized spacial score (nSPS) is 18.9. The Morgan fingerprint density at radius 3 is 2.86 bits per heavy atom. The Balaban J connectivity index is 1.82. The van der Waals surface area contributed by atoms with E-state index >= 15 is 0 Å². The molecule has 1 N–H and O–H groups in total. The van der Waals surface area contributed by atoms with E-state index in [-0.39, 0.29) is 6.09 Å². The SMILES string of the molecule is Cc1ccc(NCC2CCCN(C(=O)OC(C)(C)C)C2)nc1. The number of aromatic nitrogens is 1. The Morgan fingerprint density at radius 2 is 2.23 bits per heavy atom. The van der Waals surface area contributed by atoms with Crippen LogP contribution in [0.1, 0.15) is 39.2 Å². The van der Waals surface area contributed by atoms with Crippen LogP contribution < -0.4 is 5.32 Å². The van der Waals surface area contributed by atoms with Crippen molar-refractivity contribution >= 4 is 11.9 Å². The van der Waals surface area contributed by atoms with Crippen molar-refractivity contribution in [1.82, 2.24) is 9.88 Å². The summed E-state index contributed by atoms with van der Waals surface area (Å²) < 4.78 is 5.46. The predicted molar refractivity (Wildman–Crippen MR) is 88.0 cm³/mol. The lowest BCUT2D eigenvalue weighted by molar-refractivity contribution is 0.0172. The molecule has 1 aromatic heterocycles. The summed E-state index contributed by atoms with van der Waals surface area (Å²) in [7, 11) is 0. The van der Waals surface area contributed by atoms with Crippen molar-refractivity contribution in [2.75, 3.05) is 25.0 Å². The zero-order valence-electron chi connectivity index (χ0n) is 14.1. The molecular weight excluding hydrogens is 278 g/mol. The summed E-state index contributed by atoms with van der Waals surface area (Å²) in [5.41, 5.74) is 0.716. The van der Waals surface area contributed by atoms with Crippen LogP contribution in [0.4, 0.5) is 10.6 Å². The molecule has 1 fully saturated rings. The molecule has 122 valence electrons. The molecule has 0 radical (unpaired) electrons. The van der Waals surface area contributed by atoms with Crippen LogP contribution in [0.5, 0.6) is 0 Å².